The summed E-state index contributed by atoms with van der Waals surface area (Å²) < 4.78 is 0. The molecule has 0 spiro atoms. The van der Waals surface area contributed by atoms with Crippen LogP contribution in [-0.2, 0) is 13.0 Å². The second-order valence-electron chi connectivity index (χ2n) is 7.95. The Balaban J connectivity index is 1.33. The third-order valence-electron chi connectivity index (χ3n) is 5.76. The van der Waals surface area contributed by atoms with Gasteiger partial charge in [-0.3, -0.25) is 0 Å². The van der Waals surface area contributed by atoms with E-state index in [4.69, 9.17) is 4.98 Å². The topological polar surface area (TPSA) is 31.4 Å². The van der Waals surface area contributed by atoms with Crippen LogP contribution in [0.3, 0.4) is 0 Å². The maximum Gasteiger partial charge on any atom is 0.123 e. The summed E-state index contributed by atoms with van der Waals surface area (Å²) in [5.41, 5.74) is 6.10. The maximum absolute atomic E-state index is 4.80. The zero-order valence-corrected chi connectivity index (χ0v) is 18.4. The van der Waals surface area contributed by atoms with Gasteiger partial charge in [-0.05, 0) is 56.8 Å². The Morgan fingerprint density at radius 2 is 1.86 bits per heavy atom. The molecule has 4 nitrogen and oxygen atoms in total. The molecule has 3 aromatic rings. The van der Waals surface area contributed by atoms with Crippen molar-refractivity contribution in [3.05, 3.63) is 65.2 Å². The number of aryl methyl sites for hydroxylation is 1. The monoisotopic (exact) mass is 406 g/mol. The fourth-order valence-electron chi connectivity index (χ4n) is 3.78. The van der Waals surface area contributed by atoms with Gasteiger partial charge in [-0.2, -0.15) is 0 Å². The predicted molar refractivity (Wildman–Crippen MR) is 125 cm³/mol. The van der Waals surface area contributed by atoms with Crippen molar-refractivity contribution in [2.45, 2.75) is 32.4 Å². The number of thiazole rings is 1. The second kappa shape index (κ2) is 8.97. The SMILES string of the molecule is CCc1ccc(-c2nc(CNc3ccc(N4CCC(N(C)C)C4)cc3)cs2)cc1. The van der Waals surface area contributed by atoms with E-state index in [1.165, 1.54) is 23.2 Å². The van der Waals surface area contributed by atoms with Gasteiger partial charge >= 0.3 is 0 Å². The summed E-state index contributed by atoms with van der Waals surface area (Å²) in [4.78, 5) is 9.61. The van der Waals surface area contributed by atoms with E-state index in [1.807, 2.05) is 0 Å². The summed E-state index contributed by atoms with van der Waals surface area (Å²) >= 11 is 1.71. The van der Waals surface area contributed by atoms with Crippen molar-refractivity contribution >= 4 is 22.7 Å². The highest BCUT2D eigenvalue weighted by Crippen LogP contribution is 2.26. The average molecular weight is 407 g/mol. The van der Waals surface area contributed by atoms with Crippen molar-refractivity contribution < 1.29 is 0 Å². The third-order valence-corrected chi connectivity index (χ3v) is 6.70. The van der Waals surface area contributed by atoms with Crippen LogP contribution in [-0.4, -0.2) is 43.1 Å². The normalized spacial score (nSPS) is 16.6. The fraction of sp³-hybridized carbons (Fsp3) is 0.375. The van der Waals surface area contributed by atoms with Crippen LogP contribution in [0.2, 0.25) is 0 Å². The third kappa shape index (κ3) is 4.80. The van der Waals surface area contributed by atoms with E-state index in [0.29, 0.717) is 6.04 Å². The highest BCUT2D eigenvalue weighted by atomic mass is 32.1. The van der Waals surface area contributed by atoms with E-state index >= 15 is 0 Å². The molecule has 1 atom stereocenters. The van der Waals surface area contributed by atoms with Crippen molar-refractivity contribution in [2.24, 2.45) is 0 Å². The van der Waals surface area contributed by atoms with Gasteiger partial charge in [0.15, 0.2) is 0 Å². The molecule has 29 heavy (non-hydrogen) atoms. The van der Waals surface area contributed by atoms with E-state index in [2.05, 4.69) is 90.0 Å². The molecule has 0 bridgehead atoms. The van der Waals surface area contributed by atoms with Gasteiger partial charge in [0.2, 0.25) is 0 Å². The second-order valence-corrected chi connectivity index (χ2v) is 8.81. The van der Waals surface area contributed by atoms with Gasteiger partial charge in [-0.15, -0.1) is 11.3 Å². The average Bonchev–Trinajstić information content (AvgIpc) is 3.43. The van der Waals surface area contributed by atoms with Gasteiger partial charge in [-0.1, -0.05) is 31.2 Å². The zero-order chi connectivity index (χ0) is 20.2. The molecule has 4 rings (SSSR count). The van der Waals surface area contributed by atoms with E-state index in [1.54, 1.807) is 11.3 Å². The highest BCUT2D eigenvalue weighted by molar-refractivity contribution is 7.13. The highest BCUT2D eigenvalue weighted by Gasteiger charge is 2.23. The maximum atomic E-state index is 4.80. The minimum atomic E-state index is 0.657. The van der Waals surface area contributed by atoms with Crippen LogP contribution in [0.25, 0.3) is 10.6 Å². The Hall–Kier alpha value is -2.37. The Kier molecular flexibility index (Phi) is 6.16. The van der Waals surface area contributed by atoms with Crippen molar-refractivity contribution in [2.75, 3.05) is 37.4 Å². The first-order valence-electron chi connectivity index (χ1n) is 10.4. The molecule has 0 radical (unpaired) electrons. The standard InChI is InChI=1S/C24H30N4S/c1-4-18-5-7-19(8-6-18)24-26-21(17-29-24)15-25-20-9-11-22(12-10-20)28-14-13-23(16-28)27(2)3/h5-12,17,23,25H,4,13-16H2,1-3H3. The Labute approximate surface area is 178 Å². The summed E-state index contributed by atoms with van der Waals surface area (Å²) in [7, 11) is 4.34. The van der Waals surface area contributed by atoms with Crippen molar-refractivity contribution in [1.29, 1.82) is 0 Å². The van der Waals surface area contributed by atoms with Gasteiger partial charge < -0.3 is 15.1 Å². The number of rotatable bonds is 7. The molecule has 1 fully saturated rings. The van der Waals surface area contributed by atoms with Crippen LogP contribution in [0.1, 0.15) is 24.6 Å². The minimum absolute atomic E-state index is 0.657. The predicted octanol–water partition coefficient (Wildman–Crippen LogP) is 5.12. The number of nitrogens with one attached hydrogen (secondary N) is 1. The van der Waals surface area contributed by atoms with Crippen LogP contribution in [0.15, 0.2) is 53.9 Å². The molecule has 2 aromatic carbocycles. The molecule has 0 saturated carbocycles. The number of anilines is 2. The summed E-state index contributed by atoms with van der Waals surface area (Å²) in [5.74, 6) is 0. The van der Waals surface area contributed by atoms with Crippen LogP contribution < -0.4 is 10.2 Å². The molecule has 5 heteroatoms. The van der Waals surface area contributed by atoms with Crippen molar-refractivity contribution in [3.8, 4) is 10.6 Å². The van der Waals surface area contributed by atoms with Crippen molar-refractivity contribution in [3.63, 3.8) is 0 Å². The van der Waals surface area contributed by atoms with E-state index in [-0.39, 0.29) is 0 Å². The summed E-state index contributed by atoms with van der Waals surface area (Å²) in [6.45, 7) is 5.17. The van der Waals surface area contributed by atoms with Crippen LogP contribution in [0.5, 0.6) is 0 Å². The van der Waals surface area contributed by atoms with Crippen molar-refractivity contribution in [1.82, 2.24) is 9.88 Å². The zero-order valence-electron chi connectivity index (χ0n) is 17.6. The lowest BCUT2D eigenvalue weighted by Crippen LogP contribution is -2.31. The lowest BCUT2D eigenvalue weighted by atomic mass is 10.1. The molecule has 1 N–H and O–H groups in total. The van der Waals surface area contributed by atoms with E-state index in [9.17, 15) is 0 Å². The number of hydrogen-bond acceptors (Lipinski definition) is 5. The number of likely N-dealkylation sites (N-methyl/N-ethyl adjacent to an activating group) is 1. The smallest absolute Gasteiger partial charge is 0.123 e. The van der Waals surface area contributed by atoms with Gasteiger partial charge in [-0.25, -0.2) is 4.98 Å². The number of nitrogens with zero attached hydrogens (tertiary/aromatic N) is 3. The summed E-state index contributed by atoms with van der Waals surface area (Å²) in [6, 6.07) is 18.2. The molecular weight excluding hydrogens is 376 g/mol. The molecule has 1 aromatic heterocycles. The quantitative estimate of drug-likeness (QED) is 0.590. The van der Waals surface area contributed by atoms with Gasteiger partial charge in [0, 0.05) is 41.4 Å². The van der Waals surface area contributed by atoms with Crippen LogP contribution >= 0.6 is 11.3 Å². The van der Waals surface area contributed by atoms with Gasteiger partial charge in [0.25, 0.3) is 0 Å². The molecule has 1 unspecified atom stereocenters. The summed E-state index contributed by atoms with van der Waals surface area (Å²) in [5, 5.41) is 6.74. The minimum Gasteiger partial charge on any atom is -0.379 e. The Bertz CT molecular complexity index is 915. The molecule has 1 aliphatic heterocycles. The number of benzene rings is 2. The molecule has 2 heterocycles. The first-order chi connectivity index (χ1) is 14.1. The molecule has 0 aliphatic carbocycles. The number of hydrogen-bond donors (Lipinski definition) is 1. The Morgan fingerprint density at radius 1 is 1.10 bits per heavy atom. The number of aromatic nitrogens is 1. The molecule has 152 valence electrons. The first-order valence-corrected chi connectivity index (χ1v) is 11.3. The molecule has 1 saturated heterocycles. The molecular formula is C24H30N4S. The van der Waals surface area contributed by atoms with Gasteiger partial charge in [0.1, 0.15) is 5.01 Å². The van der Waals surface area contributed by atoms with Crippen LogP contribution in [0.4, 0.5) is 11.4 Å². The molecule has 1 aliphatic rings. The van der Waals surface area contributed by atoms with E-state index in [0.717, 1.165) is 42.4 Å². The largest absolute Gasteiger partial charge is 0.379 e. The fourth-order valence-corrected chi connectivity index (χ4v) is 4.61. The first kappa shape index (κ1) is 19.9. The van der Waals surface area contributed by atoms with Crippen LogP contribution in [0, 0.1) is 0 Å². The summed E-state index contributed by atoms with van der Waals surface area (Å²) in [6.07, 6.45) is 2.31. The van der Waals surface area contributed by atoms with Gasteiger partial charge in [0.05, 0.1) is 12.2 Å². The van der Waals surface area contributed by atoms with E-state index < -0.39 is 0 Å². The lowest BCUT2D eigenvalue weighted by Gasteiger charge is -2.22. The Morgan fingerprint density at radius 3 is 2.52 bits per heavy atom. The molecule has 0 amide bonds. The lowest BCUT2D eigenvalue weighted by molar-refractivity contribution is 0.315.